The molecule has 0 spiro atoms. The molecule has 0 aliphatic carbocycles. The molecule has 28 heavy (non-hydrogen) atoms. The first-order valence-electron chi connectivity index (χ1n) is 8.98. The number of Topliss-reactive ketones (excluding diaryl/α,β-unsaturated/α-hetero) is 1. The van der Waals surface area contributed by atoms with E-state index in [1.54, 1.807) is 37.3 Å². The number of carbonyl (C=O) groups excluding carboxylic acids is 1. The first kappa shape index (κ1) is 18.0. The summed E-state index contributed by atoms with van der Waals surface area (Å²) in [4.78, 5) is 22.8. The van der Waals surface area contributed by atoms with E-state index in [9.17, 15) is 4.79 Å². The van der Waals surface area contributed by atoms with Gasteiger partial charge >= 0.3 is 0 Å². The van der Waals surface area contributed by atoms with E-state index < -0.39 is 11.5 Å². The molecule has 7 nitrogen and oxygen atoms in total. The van der Waals surface area contributed by atoms with Gasteiger partial charge in [0.25, 0.3) is 0 Å². The number of aromatic nitrogens is 2. The first-order chi connectivity index (χ1) is 13.4. The molecular weight excluding hydrogens is 356 g/mol. The summed E-state index contributed by atoms with van der Waals surface area (Å²) < 4.78 is 10.8. The van der Waals surface area contributed by atoms with E-state index in [-0.39, 0.29) is 11.6 Å². The van der Waals surface area contributed by atoms with Crippen molar-refractivity contribution in [3.8, 4) is 11.5 Å². The van der Waals surface area contributed by atoms with Gasteiger partial charge in [-0.3, -0.25) is 10.2 Å². The summed E-state index contributed by atoms with van der Waals surface area (Å²) in [5.74, 6) is 0.949. The van der Waals surface area contributed by atoms with E-state index in [4.69, 9.17) is 14.9 Å². The van der Waals surface area contributed by atoms with Gasteiger partial charge in [0.1, 0.15) is 34.6 Å². The number of rotatable bonds is 4. The minimum Gasteiger partial charge on any atom is -0.497 e. The van der Waals surface area contributed by atoms with Crippen LogP contribution in [0.25, 0.3) is 11.0 Å². The molecule has 1 fully saturated rings. The largest absolute Gasteiger partial charge is 0.497 e. The molecular formula is C21H22N4O3. The Morgan fingerprint density at radius 1 is 1.14 bits per heavy atom. The molecule has 0 saturated carbocycles. The molecule has 0 bridgehead atoms. The van der Waals surface area contributed by atoms with Crippen LogP contribution in [0.4, 0.5) is 5.69 Å². The van der Waals surface area contributed by atoms with Crippen molar-refractivity contribution in [2.75, 3.05) is 19.1 Å². The molecule has 1 aliphatic rings. The third-order valence-electron chi connectivity index (χ3n) is 5.25. The first-order valence-corrected chi connectivity index (χ1v) is 8.98. The number of hydrogen-bond acceptors (Lipinski definition) is 5. The summed E-state index contributed by atoms with van der Waals surface area (Å²) >= 11 is 0. The molecule has 2 N–H and O–H groups in total. The number of nitrogens with zero attached hydrogens (tertiary/aromatic N) is 2. The Kier molecular flexibility index (Phi) is 4.10. The number of methoxy groups -OCH3 is 2. The average Bonchev–Trinajstić information content (AvgIpc) is 3.17. The van der Waals surface area contributed by atoms with Crippen molar-refractivity contribution >= 4 is 28.3 Å². The Morgan fingerprint density at radius 3 is 2.57 bits per heavy atom. The third-order valence-corrected chi connectivity index (χ3v) is 5.25. The van der Waals surface area contributed by atoms with Crippen LogP contribution in [0.1, 0.15) is 25.6 Å². The van der Waals surface area contributed by atoms with Crippen LogP contribution >= 0.6 is 0 Å². The minimum atomic E-state index is -0.944. The number of benzene rings is 2. The molecule has 2 aromatic carbocycles. The second-order valence-corrected chi connectivity index (χ2v) is 7.25. The second kappa shape index (κ2) is 6.37. The molecule has 0 radical (unpaired) electrons. The van der Waals surface area contributed by atoms with Crippen molar-refractivity contribution in [3.63, 3.8) is 0 Å². The lowest BCUT2D eigenvalue weighted by Gasteiger charge is -2.32. The number of nitrogens with one attached hydrogen (secondary N) is 2. The number of hydrogen-bond donors (Lipinski definition) is 2. The molecule has 1 atom stereocenters. The number of fused-ring (bicyclic) bond motifs is 1. The fourth-order valence-corrected chi connectivity index (χ4v) is 3.78. The Balaban J connectivity index is 1.84. The molecule has 144 valence electrons. The Hall–Kier alpha value is -3.35. The average molecular weight is 378 g/mol. The number of para-hydroxylation sites is 2. The van der Waals surface area contributed by atoms with Gasteiger partial charge in [-0.1, -0.05) is 12.1 Å². The van der Waals surface area contributed by atoms with Crippen LogP contribution in [0, 0.1) is 5.41 Å². The smallest absolute Gasteiger partial charge is 0.176 e. The van der Waals surface area contributed by atoms with Crippen molar-refractivity contribution in [2.45, 2.75) is 25.3 Å². The zero-order valence-corrected chi connectivity index (χ0v) is 16.2. The number of ether oxygens (including phenoxy) is 2. The minimum absolute atomic E-state index is 0.0959. The van der Waals surface area contributed by atoms with Crippen molar-refractivity contribution in [1.29, 1.82) is 5.41 Å². The van der Waals surface area contributed by atoms with Crippen molar-refractivity contribution in [1.82, 2.24) is 9.97 Å². The monoisotopic (exact) mass is 378 g/mol. The number of anilines is 1. The number of imidazole rings is 1. The SMILES string of the molecule is COc1ccc(OC)c(N2C(=N)C(c3nc4ccccc4[nH]3)C(=O)C2(C)C)c1. The number of carbonyl (C=O) groups is 1. The molecule has 3 aromatic rings. The van der Waals surface area contributed by atoms with E-state index in [1.807, 2.05) is 38.1 Å². The highest BCUT2D eigenvalue weighted by Gasteiger charge is 2.53. The highest BCUT2D eigenvalue weighted by atomic mass is 16.5. The van der Waals surface area contributed by atoms with Crippen LogP contribution in [0.3, 0.4) is 0 Å². The lowest BCUT2D eigenvalue weighted by atomic mass is 9.93. The van der Waals surface area contributed by atoms with Crippen LogP contribution in [-0.4, -0.2) is 41.3 Å². The molecule has 1 aliphatic heterocycles. The summed E-state index contributed by atoms with van der Waals surface area (Å²) in [5, 5.41) is 8.85. The molecule has 4 rings (SSSR count). The normalized spacial score (nSPS) is 18.7. The van der Waals surface area contributed by atoms with Gasteiger partial charge in [-0.2, -0.15) is 0 Å². The van der Waals surface area contributed by atoms with Crippen molar-refractivity contribution < 1.29 is 14.3 Å². The molecule has 1 aromatic heterocycles. The maximum atomic E-state index is 13.3. The summed E-state index contributed by atoms with van der Waals surface area (Å²) in [6.45, 7) is 3.62. The van der Waals surface area contributed by atoms with Gasteiger partial charge in [0.05, 0.1) is 30.9 Å². The van der Waals surface area contributed by atoms with Gasteiger partial charge in [-0.05, 0) is 38.1 Å². The summed E-state index contributed by atoms with van der Waals surface area (Å²) in [6, 6.07) is 12.9. The zero-order valence-electron chi connectivity index (χ0n) is 16.2. The summed E-state index contributed by atoms with van der Waals surface area (Å²) in [5.41, 5.74) is 1.28. The fraction of sp³-hybridized carbons (Fsp3) is 0.286. The Morgan fingerprint density at radius 2 is 1.89 bits per heavy atom. The van der Waals surface area contributed by atoms with Crippen LogP contribution < -0.4 is 14.4 Å². The van der Waals surface area contributed by atoms with Gasteiger partial charge in [-0.15, -0.1) is 0 Å². The van der Waals surface area contributed by atoms with Crippen LogP contribution in [0.15, 0.2) is 42.5 Å². The molecule has 1 saturated heterocycles. The van der Waals surface area contributed by atoms with Gasteiger partial charge < -0.3 is 19.4 Å². The van der Waals surface area contributed by atoms with Gasteiger partial charge in [0.15, 0.2) is 5.78 Å². The van der Waals surface area contributed by atoms with Gasteiger partial charge in [-0.25, -0.2) is 4.98 Å². The Bertz CT molecular complexity index is 1050. The highest BCUT2D eigenvalue weighted by molar-refractivity contribution is 6.26. The number of aromatic amines is 1. The maximum Gasteiger partial charge on any atom is 0.176 e. The van der Waals surface area contributed by atoms with Crippen LogP contribution in [0.5, 0.6) is 11.5 Å². The molecule has 1 unspecified atom stereocenters. The molecule has 7 heteroatoms. The fourth-order valence-electron chi connectivity index (χ4n) is 3.78. The zero-order chi connectivity index (χ0) is 20.1. The standard InChI is InChI=1S/C21H22N4O3/c1-21(2)18(26)17(20-23-13-7-5-6-8-14(13)24-20)19(22)25(21)15-11-12(27-3)9-10-16(15)28-4/h5-11,17,22H,1-4H3,(H,23,24). The van der Waals surface area contributed by atoms with Crippen molar-refractivity contribution in [3.05, 3.63) is 48.3 Å². The Labute approximate surface area is 162 Å². The van der Waals surface area contributed by atoms with Crippen LogP contribution in [0.2, 0.25) is 0 Å². The summed E-state index contributed by atoms with van der Waals surface area (Å²) in [6.07, 6.45) is 0. The number of H-pyrrole nitrogens is 1. The van der Waals surface area contributed by atoms with E-state index in [1.165, 1.54) is 0 Å². The van der Waals surface area contributed by atoms with Crippen LogP contribution in [-0.2, 0) is 4.79 Å². The van der Waals surface area contributed by atoms with Crippen molar-refractivity contribution in [2.24, 2.45) is 0 Å². The molecule has 2 heterocycles. The van der Waals surface area contributed by atoms with E-state index >= 15 is 0 Å². The lowest BCUT2D eigenvalue weighted by molar-refractivity contribution is -0.121. The topological polar surface area (TPSA) is 91.3 Å². The highest BCUT2D eigenvalue weighted by Crippen LogP contribution is 2.44. The lowest BCUT2D eigenvalue weighted by Crippen LogP contribution is -2.44. The predicted molar refractivity (Wildman–Crippen MR) is 108 cm³/mol. The number of amidine groups is 1. The van der Waals surface area contributed by atoms with Gasteiger partial charge in [0.2, 0.25) is 0 Å². The number of ketones is 1. The summed E-state index contributed by atoms with van der Waals surface area (Å²) in [7, 11) is 3.14. The second-order valence-electron chi connectivity index (χ2n) is 7.25. The van der Waals surface area contributed by atoms with E-state index in [0.29, 0.717) is 23.0 Å². The van der Waals surface area contributed by atoms with Gasteiger partial charge in [0, 0.05) is 6.07 Å². The molecule has 0 amide bonds. The third kappa shape index (κ3) is 2.54. The van der Waals surface area contributed by atoms with E-state index in [0.717, 1.165) is 11.0 Å². The van der Waals surface area contributed by atoms with E-state index in [2.05, 4.69) is 9.97 Å². The predicted octanol–water partition coefficient (Wildman–Crippen LogP) is 3.51. The maximum absolute atomic E-state index is 13.3. The quantitative estimate of drug-likeness (QED) is 0.725.